The van der Waals surface area contributed by atoms with Crippen molar-refractivity contribution in [3.05, 3.63) is 40.6 Å². The molecule has 3 saturated heterocycles. The van der Waals surface area contributed by atoms with Gasteiger partial charge in [0.2, 0.25) is 17.5 Å². The van der Waals surface area contributed by atoms with Crippen LogP contribution in [0, 0.1) is 0 Å². The molecular weight excluding hydrogens is 716 g/mol. The number of hydrogen-bond acceptors (Lipinski definition) is 20. The number of benzene rings is 2. The van der Waals surface area contributed by atoms with E-state index in [1.54, 1.807) is 0 Å². The zero-order valence-corrected chi connectivity index (χ0v) is 27.9. The Bertz CT molecular complexity index is 1830. The molecule has 0 unspecified atom stereocenters. The Morgan fingerprint density at radius 1 is 0.679 bits per heavy atom. The highest BCUT2D eigenvalue weighted by atomic mass is 16.7. The van der Waals surface area contributed by atoms with Gasteiger partial charge < -0.3 is 94.1 Å². The molecule has 0 aliphatic carbocycles. The molecule has 20 nitrogen and oxygen atoms in total. The molecule has 12 N–H and O–H groups in total. The van der Waals surface area contributed by atoms with Crippen LogP contribution in [0.2, 0.25) is 0 Å². The first-order valence-electron chi connectivity index (χ1n) is 16.4. The van der Waals surface area contributed by atoms with Crippen LogP contribution in [-0.4, -0.2) is 160 Å². The molecule has 6 rings (SSSR count). The minimum Gasteiger partial charge on any atom is -0.507 e. The van der Waals surface area contributed by atoms with Crippen LogP contribution in [0.5, 0.6) is 28.7 Å². The third-order valence-corrected chi connectivity index (χ3v) is 9.38. The molecule has 15 atom stereocenters. The summed E-state index contributed by atoms with van der Waals surface area (Å²) in [6.45, 7) is 2.05. The molecule has 0 spiro atoms. The van der Waals surface area contributed by atoms with Gasteiger partial charge in [-0.2, -0.15) is 0 Å². The first kappa shape index (κ1) is 38.8. The number of phenols is 2. The Kier molecular flexibility index (Phi) is 11.1. The largest absolute Gasteiger partial charge is 0.507 e. The van der Waals surface area contributed by atoms with E-state index in [0.717, 1.165) is 24.3 Å². The first-order chi connectivity index (χ1) is 25.0. The molecule has 20 heteroatoms. The summed E-state index contributed by atoms with van der Waals surface area (Å²) in [6.07, 6.45) is -22.9. The molecule has 292 valence electrons. The van der Waals surface area contributed by atoms with E-state index in [-0.39, 0.29) is 22.6 Å². The molecule has 0 saturated carbocycles. The number of ether oxygens (including phenoxy) is 6. The Morgan fingerprint density at radius 2 is 1.36 bits per heavy atom. The fourth-order valence-electron chi connectivity index (χ4n) is 6.35. The summed E-state index contributed by atoms with van der Waals surface area (Å²) in [5.41, 5.74) is -1.47. The van der Waals surface area contributed by atoms with E-state index in [4.69, 9.17) is 32.8 Å². The second-order valence-corrected chi connectivity index (χ2v) is 13.0. The lowest BCUT2D eigenvalue weighted by Crippen LogP contribution is -2.64. The molecule has 53 heavy (non-hydrogen) atoms. The molecule has 3 aliphatic rings. The number of phenolic OH excluding ortho intramolecular Hbond substituents is 2. The number of fused-ring (bicyclic) bond motifs is 1. The Labute approximate surface area is 298 Å². The van der Waals surface area contributed by atoms with Crippen LogP contribution in [-0.2, 0) is 18.9 Å². The van der Waals surface area contributed by atoms with E-state index in [1.165, 1.54) is 19.9 Å². The topological polar surface area (TPSA) is 328 Å². The van der Waals surface area contributed by atoms with Gasteiger partial charge in [0.05, 0.1) is 18.8 Å². The number of aromatic hydroxyl groups is 3. The van der Waals surface area contributed by atoms with E-state index in [2.05, 4.69) is 0 Å². The van der Waals surface area contributed by atoms with Gasteiger partial charge >= 0.3 is 0 Å². The van der Waals surface area contributed by atoms with Gasteiger partial charge in [-0.05, 0) is 32.0 Å². The SMILES string of the molecule is C[C@@H]1O[C@@H](O)[C@H](O)[C@H](O)[C@@H]1O[C@H]1O[C@H](CO)[C@@H](Oc2ccc(-c3oc4cc(O[C@@H]5O[C@H](C)[C@H](O)[C@@H](O)[C@H]5O)cc(O)c4c(=O)c3O)cc2O)[C@H](O)[C@H]1O. The molecule has 4 heterocycles. The minimum absolute atomic E-state index is 0.0866. The van der Waals surface area contributed by atoms with Crippen LogP contribution in [0.15, 0.2) is 39.5 Å². The quantitative estimate of drug-likeness (QED) is 0.108. The Morgan fingerprint density at radius 3 is 2.04 bits per heavy atom. The lowest BCUT2D eigenvalue weighted by atomic mass is 9.97. The molecule has 2 aromatic carbocycles. The lowest BCUT2D eigenvalue weighted by molar-refractivity contribution is -0.349. The molecule has 0 bridgehead atoms. The number of hydrogen-bond donors (Lipinski definition) is 12. The average Bonchev–Trinajstić information content (AvgIpc) is 3.11. The van der Waals surface area contributed by atoms with Crippen LogP contribution in [0.4, 0.5) is 0 Å². The van der Waals surface area contributed by atoms with E-state index in [9.17, 15) is 66.1 Å². The van der Waals surface area contributed by atoms with Crippen LogP contribution in [0.3, 0.4) is 0 Å². The third kappa shape index (κ3) is 7.22. The van der Waals surface area contributed by atoms with Crippen molar-refractivity contribution in [3.8, 4) is 40.1 Å². The summed E-state index contributed by atoms with van der Waals surface area (Å²) in [4.78, 5) is 13.1. The summed E-state index contributed by atoms with van der Waals surface area (Å²) in [6, 6.07) is 5.50. The van der Waals surface area contributed by atoms with Crippen molar-refractivity contribution in [3.63, 3.8) is 0 Å². The maximum absolute atomic E-state index is 13.1. The zero-order chi connectivity index (χ0) is 38.6. The Hall–Kier alpha value is -3.87. The van der Waals surface area contributed by atoms with E-state index < -0.39 is 133 Å². The van der Waals surface area contributed by atoms with Gasteiger partial charge in [0, 0.05) is 17.7 Å². The minimum atomic E-state index is -1.87. The van der Waals surface area contributed by atoms with Gasteiger partial charge in [-0.15, -0.1) is 0 Å². The van der Waals surface area contributed by atoms with Crippen molar-refractivity contribution in [1.82, 2.24) is 0 Å². The van der Waals surface area contributed by atoms with Gasteiger partial charge in [0.15, 0.2) is 35.9 Å². The van der Waals surface area contributed by atoms with Crippen LogP contribution in [0.25, 0.3) is 22.3 Å². The monoisotopic (exact) mass is 756 g/mol. The van der Waals surface area contributed by atoms with Crippen molar-refractivity contribution in [2.75, 3.05) is 6.61 Å². The molecule has 0 amide bonds. The van der Waals surface area contributed by atoms with Gasteiger partial charge in [-0.25, -0.2) is 0 Å². The van der Waals surface area contributed by atoms with Crippen LogP contribution >= 0.6 is 0 Å². The molecule has 0 radical (unpaired) electrons. The third-order valence-electron chi connectivity index (χ3n) is 9.38. The molecular formula is C33H40O20. The number of rotatable bonds is 8. The molecule has 1 aromatic heterocycles. The fraction of sp³-hybridized carbons (Fsp3) is 0.545. The van der Waals surface area contributed by atoms with E-state index >= 15 is 0 Å². The number of aliphatic hydroxyl groups is 9. The standard InChI is InChI=1S/C33H40O20/c1-9-19(37)21(39)26(44)32(48-9)49-12-6-14(36)18-16(7-12)51-29(22(40)20(18)38)11-3-4-15(13(35)5-11)50-30-17(8-34)52-33(27(45)24(30)42)53-28-10(2)47-31(46)25(43)23(28)41/h3-7,9-10,17,19,21,23-28,30-37,39-46H,8H2,1-2H3/t9-,10+,17-,19+,21-,23+,24-,25-,26-,27-,28-,30-,31-,32+,33-/m1/s1. The predicted molar refractivity (Wildman–Crippen MR) is 172 cm³/mol. The first-order valence-corrected chi connectivity index (χ1v) is 16.4. The predicted octanol–water partition coefficient (Wildman–Crippen LogP) is -3.19. The van der Waals surface area contributed by atoms with Crippen LogP contribution in [0.1, 0.15) is 13.8 Å². The Balaban J connectivity index is 1.22. The van der Waals surface area contributed by atoms with Crippen molar-refractivity contribution in [2.24, 2.45) is 0 Å². The highest BCUT2D eigenvalue weighted by molar-refractivity contribution is 5.88. The van der Waals surface area contributed by atoms with Gasteiger partial charge in [-0.3, -0.25) is 4.79 Å². The van der Waals surface area contributed by atoms with Crippen molar-refractivity contribution in [1.29, 1.82) is 0 Å². The second kappa shape index (κ2) is 15.1. The maximum Gasteiger partial charge on any atom is 0.238 e. The normalized spacial score (nSPS) is 37.8. The summed E-state index contributed by atoms with van der Waals surface area (Å²) < 4.78 is 38.7. The second-order valence-electron chi connectivity index (χ2n) is 13.0. The highest BCUT2D eigenvalue weighted by Gasteiger charge is 2.51. The smallest absolute Gasteiger partial charge is 0.238 e. The van der Waals surface area contributed by atoms with Crippen molar-refractivity contribution in [2.45, 2.75) is 106 Å². The summed E-state index contributed by atoms with van der Waals surface area (Å²) >= 11 is 0. The summed E-state index contributed by atoms with van der Waals surface area (Å²) in [5, 5.41) is 124. The molecule has 3 aromatic rings. The fourth-order valence-corrected chi connectivity index (χ4v) is 6.35. The lowest BCUT2D eigenvalue weighted by Gasteiger charge is -2.45. The van der Waals surface area contributed by atoms with Crippen molar-refractivity contribution >= 4 is 11.0 Å². The van der Waals surface area contributed by atoms with Gasteiger partial charge in [0.25, 0.3) is 0 Å². The molecule has 3 fully saturated rings. The van der Waals surface area contributed by atoms with Crippen LogP contribution < -0.4 is 14.9 Å². The van der Waals surface area contributed by atoms with Crippen molar-refractivity contribution < 1.29 is 94.1 Å². The average molecular weight is 757 g/mol. The number of aliphatic hydroxyl groups excluding tert-OH is 9. The maximum atomic E-state index is 13.1. The zero-order valence-electron chi connectivity index (χ0n) is 27.9. The van der Waals surface area contributed by atoms with E-state index in [0.29, 0.717) is 0 Å². The molecule has 3 aliphatic heterocycles. The summed E-state index contributed by atoms with van der Waals surface area (Å²) in [5.74, 6) is -3.28. The van der Waals surface area contributed by atoms with Gasteiger partial charge in [-0.1, -0.05) is 0 Å². The highest BCUT2D eigenvalue weighted by Crippen LogP contribution is 2.40. The summed E-state index contributed by atoms with van der Waals surface area (Å²) in [7, 11) is 0. The van der Waals surface area contributed by atoms with E-state index in [1.807, 2.05) is 0 Å². The van der Waals surface area contributed by atoms with Gasteiger partial charge in [0.1, 0.15) is 77.4 Å².